The lowest BCUT2D eigenvalue weighted by Gasteiger charge is -2.23. The highest BCUT2D eigenvalue weighted by Gasteiger charge is 2.26. The van der Waals surface area contributed by atoms with Gasteiger partial charge in [-0.3, -0.25) is 13.8 Å². The predicted octanol–water partition coefficient (Wildman–Crippen LogP) is 12.0. The SMILES string of the molecule is CCCCCCCCCCCCCCCC/C=C/[C@@H](O)[C@H](COP(=O)(O)OCCN)NC(=O)CCCCCCCCCCCCCCCCCC. The first-order valence-corrected chi connectivity index (χ1v) is 23.3. The van der Waals surface area contributed by atoms with Crippen LogP contribution in [0.2, 0.25) is 0 Å². The van der Waals surface area contributed by atoms with E-state index >= 15 is 0 Å². The number of hydrogen-bond donors (Lipinski definition) is 4. The normalized spacial score (nSPS) is 14.2. The number of rotatable bonds is 41. The Morgan fingerprint density at radius 3 is 1.39 bits per heavy atom. The van der Waals surface area contributed by atoms with Crippen molar-refractivity contribution in [2.45, 2.75) is 231 Å². The molecule has 0 spiro atoms. The van der Waals surface area contributed by atoms with Crippen molar-refractivity contribution in [3.8, 4) is 0 Å². The molecule has 0 aromatic carbocycles. The van der Waals surface area contributed by atoms with Gasteiger partial charge in [-0.2, -0.15) is 0 Å². The largest absolute Gasteiger partial charge is 0.472 e. The van der Waals surface area contributed by atoms with E-state index in [0.717, 1.165) is 38.5 Å². The summed E-state index contributed by atoms with van der Waals surface area (Å²) in [4.78, 5) is 22.7. The number of phosphoric acid groups is 1. The number of amides is 1. The number of carbonyl (C=O) groups is 1. The van der Waals surface area contributed by atoms with Gasteiger partial charge in [-0.15, -0.1) is 0 Å². The number of aliphatic hydroxyl groups is 1. The number of nitrogens with two attached hydrogens (primary N) is 1. The van der Waals surface area contributed by atoms with Crippen LogP contribution in [0.15, 0.2) is 12.2 Å². The van der Waals surface area contributed by atoms with Crippen LogP contribution < -0.4 is 11.1 Å². The smallest absolute Gasteiger partial charge is 0.387 e. The summed E-state index contributed by atoms with van der Waals surface area (Å²) >= 11 is 0. The van der Waals surface area contributed by atoms with Gasteiger partial charge in [-0.05, 0) is 19.3 Å². The molecule has 0 aromatic heterocycles. The lowest BCUT2D eigenvalue weighted by atomic mass is 10.0. The molecule has 0 radical (unpaired) electrons. The minimum Gasteiger partial charge on any atom is -0.387 e. The zero-order chi connectivity index (χ0) is 37.5. The fraction of sp³-hybridized carbons (Fsp3) is 0.929. The first-order valence-electron chi connectivity index (χ1n) is 21.8. The molecule has 304 valence electrons. The van der Waals surface area contributed by atoms with Crippen molar-refractivity contribution in [2.75, 3.05) is 19.8 Å². The van der Waals surface area contributed by atoms with Gasteiger partial charge in [-0.25, -0.2) is 4.57 Å². The highest BCUT2D eigenvalue weighted by atomic mass is 31.2. The van der Waals surface area contributed by atoms with E-state index in [4.69, 9.17) is 14.8 Å². The van der Waals surface area contributed by atoms with E-state index in [1.807, 2.05) is 6.08 Å². The minimum absolute atomic E-state index is 0.0813. The van der Waals surface area contributed by atoms with Crippen LogP contribution >= 0.6 is 7.82 Å². The van der Waals surface area contributed by atoms with Gasteiger partial charge in [0.05, 0.1) is 25.4 Å². The van der Waals surface area contributed by atoms with E-state index in [1.165, 1.54) is 161 Å². The average Bonchev–Trinajstić information content (AvgIpc) is 3.12. The van der Waals surface area contributed by atoms with Crippen LogP contribution in [0.4, 0.5) is 0 Å². The molecule has 0 heterocycles. The summed E-state index contributed by atoms with van der Waals surface area (Å²) < 4.78 is 22.1. The molecule has 1 amide bonds. The van der Waals surface area contributed by atoms with Gasteiger partial charge in [0.25, 0.3) is 0 Å². The number of carbonyl (C=O) groups excluding carboxylic acids is 1. The van der Waals surface area contributed by atoms with E-state index in [2.05, 4.69) is 19.2 Å². The summed E-state index contributed by atoms with van der Waals surface area (Å²) in [5.74, 6) is -0.191. The molecular weight excluding hydrogens is 659 g/mol. The number of aliphatic hydroxyl groups excluding tert-OH is 1. The van der Waals surface area contributed by atoms with Crippen LogP contribution in [-0.2, 0) is 18.4 Å². The maximum Gasteiger partial charge on any atom is 0.472 e. The number of nitrogens with one attached hydrogen (secondary N) is 1. The third kappa shape index (κ3) is 37.4. The Balaban J connectivity index is 4.19. The zero-order valence-corrected chi connectivity index (χ0v) is 34.5. The van der Waals surface area contributed by atoms with Crippen molar-refractivity contribution in [1.82, 2.24) is 5.32 Å². The lowest BCUT2D eigenvalue weighted by molar-refractivity contribution is -0.123. The van der Waals surface area contributed by atoms with Gasteiger partial charge in [0.2, 0.25) is 5.91 Å². The fourth-order valence-corrected chi connectivity index (χ4v) is 7.30. The third-order valence-corrected chi connectivity index (χ3v) is 10.8. The first-order chi connectivity index (χ1) is 24.9. The van der Waals surface area contributed by atoms with E-state index in [1.54, 1.807) is 6.08 Å². The van der Waals surface area contributed by atoms with Gasteiger partial charge in [0.15, 0.2) is 0 Å². The third-order valence-electron chi connectivity index (χ3n) is 9.86. The summed E-state index contributed by atoms with van der Waals surface area (Å²) in [5, 5.41) is 13.7. The molecule has 0 aliphatic heterocycles. The summed E-state index contributed by atoms with van der Waals surface area (Å²) in [7, 11) is -4.33. The Hall–Kier alpha value is -0.760. The monoisotopic (exact) mass is 745 g/mol. The van der Waals surface area contributed by atoms with E-state index in [-0.39, 0.29) is 25.7 Å². The second-order valence-corrected chi connectivity index (χ2v) is 16.4. The van der Waals surface area contributed by atoms with E-state index in [0.29, 0.717) is 6.42 Å². The molecule has 5 N–H and O–H groups in total. The molecule has 9 heteroatoms. The predicted molar refractivity (Wildman–Crippen MR) is 217 cm³/mol. The quantitative estimate of drug-likeness (QED) is 0.0278. The van der Waals surface area contributed by atoms with Crippen molar-refractivity contribution < 1.29 is 28.4 Å². The number of allylic oxidation sites excluding steroid dienone is 1. The molecule has 51 heavy (non-hydrogen) atoms. The Kier molecular flexibility index (Phi) is 38.4. The van der Waals surface area contributed by atoms with Gasteiger partial charge >= 0.3 is 7.82 Å². The molecule has 8 nitrogen and oxygen atoms in total. The summed E-state index contributed by atoms with van der Waals surface area (Å²) in [6.07, 6.45) is 42.5. The van der Waals surface area contributed by atoms with Crippen LogP contribution in [0.5, 0.6) is 0 Å². The van der Waals surface area contributed by atoms with Crippen molar-refractivity contribution in [1.29, 1.82) is 0 Å². The van der Waals surface area contributed by atoms with E-state index < -0.39 is 20.0 Å². The molecule has 0 aromatic rings. The van der Waals surface area contributed by atoms with Crippen molar-refractivity contribution in [3.63, 3.8) is 0 Å². The molecule has 3 atom stereocenters. The molecular formula is C42H85N2O6P. The zero-order valence-electron chi connectivity index (χ0n) is 33.6. The maximum atomic E-state index is 12.7. The van der Waals surface area contributed by atoms with Crippen LogP contribution in [0.25, 0.3) is 0 Å². The Morgan fingerprint density at radius 2 is 1.00 bits per heavy atom. The molecule has 0 saturated heterocycles. The Bertz CT molecular complexity index is 814. The fourth-order valence-electron chi connectivity index (χ4n) is 6.54. The molecule has 0 aliphatic rings. The highest BCUT2D eigenvalue weighted by Crippen LogP contribution is 2.43. The van der Waals surface area contributed by atoms with Crippen molar-refractivity contribution in [2.24, 2.45) is 5.73 Å². The van der Waals surface area contributed by atoms with Crippen LogP contribution in [-0.4, -0.2) is 47.8 Å². The summed E-state index contributed by atoms with van der Waals surface area (Å²) in [5.41, 5.74) is 5.37. The van der Waals surface area contributed by atoms with Gasteiger partial charge in [0.1, 0.15) is 0 Å². The average molecular weight is 745 g/mol. The van der Waals surface area contributed by atoms with Crippen LogP contribution in [0.3, 0.4) is 0 Å². The summed E-state index contributed by atoms with van der Waals surface area (Å²) in [6, 6.07) is -0.854. The number of phosphoric ester groups is 1. The van der Waals surface area contributed by atoms with Gasteiger partial charge in [-0.1, -0.05) is 206 Å². The van der Waals surface area contributed by atoms with Gasteiger partial charge < -0.3 is 21.1 Å². The molecule has 0 aliphatic carbocycles. The number of unbranched alkanes of at least 4 members (excludes halogenated alkanes) is 29. The maximum absolute atomic E-state index is 12.7. The molecule has 0 rings (SSSR count). The molecule has 0 bridgehead atoms. The molecule has 1 unspecified atom stereocenters. The summed E-state index contributed by atoms with van der Waals surface area (Å²) in [6.45, 7) is 4.16. The van der Waals surface area contributed by atoms with Crippen molar-refractivity contribution >= 4 is 13.7 Å². The Morgan fingerprint density at radius 1 is 0.627 bits per heavy atom. The van der Waals surface area contributed by atoms with E-state index in [9.17, 15) is 19.4 Å². The topological polar surface area (TPSA) is 131 Å². The minimum atomic E-state index is -4.33. The highest BCUT2D eigenvalue weighted by molar-refractivity contribution is 7.47. The standard InChI is InChI=1S/C42H85N2O6P/c1-3-5-7-9-11-13-15-17-19-21-23-25-27-29-31-33-35-41(45)40(39-50-51(47,48)49-38-37-43)44-42(46)36-34-32-30-28-26-24-22-20-18-16-14-12-10-8-6-4-2/h33,35,40-41,45H,3-32,34,36-39,43H2,1-2H3,(H,44,46)(H,47,48)/b35-33+/t40-,41+/m0/s1. The molecule has 0 saturated carbocycles. The van der Waals surface area contributed by atoms with Crippen molar-refractivity contribution in [3.05, 3.63) is 12.2 Å². The lowest BCUT2D eigenvalue weighted by Crippen LogP contribution is -2.45. The Labute approximate surface area is 315 Å². The van der Waals surface area contributed by atoms with Crippen LogP contribution in [0, 0.1) is 0 Å². The van der Waals surface area contributed by atoms with Crippen LogP contribution in [0.1, 0.15) is 219 Å². The second kappa shape index (κ2) is 38.9. The second-order valence-electron chi connectivity index (χ2n) is 14.9. The number of hydrogen-bond acceptors (Lipinski definition) is 6. The van der Waals surface area contributed by atoms with Gasteiger partial charge in [0, 0.05) is 13.0 Å². The molecule has 0 fully saturated rings. The first kappa shape index (κ1) is 50.2.